The molecule has 7 nitrogen and oxygen atoms in total. The number of carbonyl (C=O) groups excluding carboxylic acids is 1. The van der Waals surface area contributed by atoms with E-state index in [2.05, 4.69) is 10.6 Å². The Morgan fingerprint density at radius 3 is 2.90 bits per heavy atom. The fourth-order valence-corrected chi connectivity index (χ4v) is 2.18. The van der Waals surface area contributed by atoms with Crippen LogP contribution < -0.4 is 16.4 Å². The first-order valence-electron chi connectivity index (χ1n) is 6.24. The largest absolute Gasteiger partial charge is 0.393 e. The van der Waals surface area contributed by atoms with Crippen LogP contribution in [0.25, 0.3) is 0 Å². The second kappa shape index (κ2) is 5.83. The third-order valence-electron chi connectivity index (χ3n) is 3.20. The zero-order valence-corrected chi connectivity index (χ0v) is 10.7. The number of carbonyl (C=O) groups is 1. The van der Waals surface area contributed by atoms with Crippen LogP contribution in [0.2, 0.25) is 0 Å². The molecule has 1 aliphatic heterocycles. The number of nitrogens with zero attached hydrogens (tertiary/aromatic N) is 1. The van der Waals surface area contributed by atoms with E-state index in [0.717, 1.165) is 25.5 Å². The standard InChI is InChI=1S/C12H15FN4O3/c13-7-4-9(11(14)10(5-7)17(19)20)12(18)16-8-2-1-3-15-6-8/h4-5,8,15H,1-3,6,14H2,(H,16,18). The highest BCUT2D eigenvalue weighted by Gasteiger charge is 2.23. The van der Waals surface area contributed by atoms with E-state index in [-0.39, 0.29) is 17.3 Å². The van der Waals surface area contributed by atoms with E-state index >= 15 is 0 Å². The maximum Gasteiger partial charge on any atom is 0.295 e. The van der Waals surface area contributed by atoms with Crippen molar-refractivity contribution < 1.29 is 14.1 Å². The highest BCUT2D eigenvalue weighted by atomic mass is 19.1. The zero-order chi connectivity index (χ0) is 14.7. The third kappa shape index (κ3) is 3.02. The van der Waals surface area contributed by atoms with Crippen molar-refractivity contribution in [2.24, 2.45) is 0 Å². The van der Waals surface area contributed by atoms with Gasteiger partial charge in [0.1, 0.15) is 11.5 Å². The number of anilines is 1. The highest BCUT2D eigenvalue weighted by molar-refractivity contribution is 6.01. The SMILES string of the molecule is Nc1c(C(=O)NC2CCCNC2)cc(F)cc1[N+](=O)[O-]. The molecule has 2 rings (SSSR count). The van der Waals surface area contributed by atoms with Gasteiger partial charge in [0.15, 0.2) is 0 Å². The fraction of sp³-hybridized carbons (Fsp3) is 0.417. The number of nitrogens with two attached hydrogens (primary N) is 1. The molecule has 1 aromatic rings. The van der Waals surface area contributed by atoms with Gasteiger partial charge in [0.2, 0.25) is 0 Å². The van der Waals surface area contributed by atoms with Crippen molar-refractivity contribution in [3.8, 4) is 0 Å². The summed E-state index contributed by atoms with van der Waals surface area (Å²) < 4.78 is 13.4. The van der Waals surface area contributed by atoms with Gasteiger partial charge in [-0.25, -0.2) is 4.39 Å². The van der Waals surface area contributed by atoms with Crippen molar-refractivity contribution in [2.75, 3.05) is 18.8 Å². The Morgan fingerprint density at radius 1 is 1.55 bits per heavy atom. The van der Waals surface area contributed by atoms with Gasteiger partial charge in [-0.15, -0.1) is 0 Å². The van der Waals surface area contributed by atoms with Crippen LogP contribution in [0, 0.1) is 15.9 Å². The van der Waals surface area contributed by atoms with Crippen molar-refractivity contribution in [3.63, 3.8) is 0 Å². The first kappa shape index (κ1) is 14.2. The Balaban J connectivity index is 2.22. The summed E-state index contributed by atoms with van der Waals surface area (Å²) in [5, 5.41) is 16.6. The molecule has 1 fully saturated rings. The van der Waals surface area contributed by atoms with Crippen LogP contribution in [0.1, 0.15) is 23.2 Å². The molecule has 0 bridgehead atoms. The molecule has 20 heavy (non-hydrogen) atoms. The van der Waals surface area contributed by atoms with Gasteiger partial charge in [0.05, 0.1) is 16.6 Å². The number of piperidine rings is 1. The fourth-order valence-electron chi connectivity index (χ4n) is 2.18. The molecule has 4 N–H and O–H groups in total. The molecular formula is C12H15FN4O3. The summed E-state index contributed by atoms with van der Waals surface area (Å²) in [5.74, 6) is -1.46. The predicted molar refractivity (Wildman–Crippen MR) is 70.8 cm³/mol. The molecule has 8 heteroatoms. The van der Waals surface area contributed by atoms with Crippen molar-refractivity contribution >= 4 is 17.3 Å². The number of amides is 1. The molecule has 108 valence electrons. The van der Waals surface area contributed by atoms with Crippen LogP contribution >= 0.6 is 0 Å². The lowest BCUT2D eigenvalue weighted by Gasteiger charge is -2.24. The smallest absolute Gasteiger partial charge is 0.295 e. The number of rotatable bonds is 3. The van der Waals surface area contributed by atoms with Gasteiger partial charge < -0.3 is 16.4 Å². The second-order valence-electron chi connectivity index (χ2n) is 4.66. The predicted octanol–water partition coefficient (Wildman–Crippen LogP) is 0.798. The molecule has 0 spiro atoms. The number of nitro benzene ring substituents is 1. The van der Waals surface area contributed by atoms with Crippen LogP contribution in [-0.2, 0) is 0 Å². The van der Waals surface area contributed by atoms with Gasteiger partial charge in [0, 0.05) is 12.6 Å². The molecule has 0 radical (unpaired) electrons. The summed E-state index contributed by atoms with van der Waals surface area (Å²) in [5.41, 5.74) is 4.45. The summed E-state index contributed by atoms with van der Waals surface area (Å²) in [6, 6.07) is 1.53. The van der Waals surface area contributed by atoms with Gasteiger partial charge in [0.25, 0.3) is 11.6 Å². The Bertz CT molecular complexity index is 544. The van der Waals surface area contributed by atoms with E-state index in [1.54, 1.807) is 0 Å². The van der Waals surface area contributed by atoms with Crippen molar-refractivity contribution in [3.05, 3.63) is 33.6 Å². The minimum Gasteiger partial charge on any atom is -0.393 e. The van der Waals surface area contributed by atoms with E-state index in [9.17, 15) is 19.3 Å². The Kier molecular flexibility index (Phi) is 4.14. The maximum absolute atomic E-state index is 13.4. The van der Waals surface area contributed by atoms with Crippen LogP contribution in [0.3, 0.4) is 0 Å². The van der Waals surface area contributed by atoms with Crippen LogP contribution in [0.5, 0.6) is 0 Å². The van der Waals surface area contributed by atoms with Gasteiger partial charge >= 0.3 is 0 Å². The zero-order valence-electron chi connectivity index (χ0n) is 10.7. The quantitative estimate of drug-likeness (QED) is 0.431. The van der Waals surface area contributed by atoms with Crippen molar-refractivity contribution in [1.29, 1.82) is 0 Å². The Morgan fingerprint density at radius 2 is 2.30 bits per heavy atom. The van der Waals surface area contributed by atoms with E-state index in [1.165, 1.54) is 0 Å². The number of hydrogen-bond acceptors (Lipinski definition) is 5. The van der Waals surface area contributed by atoms with Crippen LogP contribution in [-0.4, -0.2) is 30.0 Å². The summed E-state index contributed by atoms with van der Waals surface area (Å²) in [7, 11) is 0. The van der Waals surface area contributed by atoms with E-state index in [4.69, 9.17) is 5.73 Å². The lowest BCUT2D eigenvalue weighted by Crippen LogP contribution is -2.45. The van der Waals surface area contributed by atoms with E-state index in [1.807, 2.05) is 0 Å². The molecule has 0 aliphatic carbocycles. The Hall–Kier alpha value is -2.22. The third-order valence-corrected chi connectivity index (χ3v) is 3.20. The number of nitrogen functional groups attached to an aromatic ring is 1. The number of nitrogens with one attached hydrogen (secondary N) is 2. The lowest BCUT2D eigenvalue weighted by atomic mass is 10.1. The summed E-state index contributed by atoms with van der Waals surface area (Å²) in [6.45, 7) is 1.50. The Labute approximate surface area is 114 Å². The molecule has 1 saturated heterocycles. The van der Waals surface area contributed by atoms with Gasteiger partial charge in [-0.05, 0) is 25.5 Å². The average molecular weight is 282 g/mol. The molecule has 1 aromatic carbocycles. The summed E-state index contributed by atoms with van der Waals surface area (Å²) in [6.07, 6.45) is 1.72. The molecule has 1 amide bonds. The first-order valence-corrected chi connectivity index (χ1v) is 6.24. The van der Waals surface area contributed by atoms with Crippen molar-refractivity contribution in [1.82, 2.24) is 10.6 Å². The molecular weight excluding hydrogens is 267 g/mol. The summed E-state index contributed by atoms with van der Waals surface area (Å²) >= 11 is 0. The number of nitro groups is 1. The minimum atomic E-state index is -0.863. The summed E-state index contributed by atoms with van der Waals surface area (Å²) in [4.78, 5) is 22.0. The maximum atomic E-state index is 13.4. The normalized spacial score (nSPS) is 18.6. The number of benzene rings is 1. The van der Waals surface area contributed by atoms with Gasteiger partial charge in [-0.2, -0.15) is 0 Å². The lowest BCUT2D eigenvalue weighted by molar-refractivity contribution is -0.384. The molecule has 0 aromatic heterocycles. The molecule has 1 heterocycles. The number of halogens is 1. The van der Waals surface area contributed by atoms with Crippen LogP contribution in [0.15, 0.2) is 12.1 Å². The van der Waals surface area contributed by atoms with E-state index in [0.29, 0.717) is 12.6 Å². The van der Waals surface area contributed by atoms with Gasteiger partial charge in [-0.3, -0.25) is 14.9 Å². The molecule has 1 atom stereocenters. The van der Waals surface area contributed by atoms with Crippen molar-refractivity contribution in [2.45, 2.75) is 18.9 Å². The minimum absolute atomic E-state index is 0.0852. The van der Waals surface area contributed by atoms with Gasteiger partial charge in [-0.1, -0.05) is 0 Å². The molecule has 1 unspecified atom stereocenters. The monoisotopic (exact) mass is 282 g/mol. The van der Waals surface area contributed by atoms with E-state index < -0.39 is 22.3 Å². The molecule has 1 aliphatic rings. The molecule has 0 saturated carbocycles. The topological polar surface area (TPSA) is 110 Å². The number of hydrogen-bond donors (Lipinski definition) is 3. The highest BCUT2D eigenvalue weighted by Crippen LogP contribution is 2.26. The van der Waals surface area contributed by atoms with Crippen LogP contribution in [0.4, 0.5) is 15.8 Å². The second-order valence-corrected chi connectivity index (χ2v) is 4.66. The first-order chi connectivity index (χ1) is 9.49. The average Bonchev–Trinajstić information content (AvgIpc) is 2.41.